The van der Waals surface area contributed by atoms with E-state index in [2.05, 4.69) is 4.98 Å². The molecule has 0 N–H and O–H groups in total. The standard InChI is InChI=1S/C19H18ClNO3.BrH/c1-22-17-9-15-13(8-12-4-6-14(20)7-5-12)10-21-11-16(15)18(23-2)19(17)24-3;/h4-7,9-11H,8H2,1-3H3;1H. The van der Waals surface area contributed by atoms with Crippen molar-refractivity contribution in [2.45, 2.75) is 6.42 Å². The van der Waals surface area contributed by atoms with Crippen LogP contribution in [-0.2, 0) is 6.42 Å². The first-order valence-electron chi connectivity index (χ1n) is 7.48. The smallest absolute Gasteiger partial charge is 0.204 e. The topological polar surface area (TPSA) is 40.6 Å². The van der Waals surface area contributed by atoms with E-state index in [1.807, 2.05) is 36.5 Å². The highest BCUT2D eigenvalue weighted by Crippen LogP contribution is 2.44. The molecule has 1 heterocycles. The van der Waals surface area contributed by atoms with Crippen molar-refractivity contribution in [3.63, 3.8) is 0 Å². The van der Waals surface area contributed by atoms with E-state index < -0.39 is 0 Å². The van der Waals surface area contributed by atoms with Crippen molar-refractivity contribution in [3.8, 4) is 17.2 Å². The van der Waals surface area contributed by atoms with E-state index in [0.717, 1.165) is 33.3 Å². The Morgan fingerprint density at radius 3 is 2.16 bits per heavy atom. The Morgan fingerprint density at radius 2 is 1.56 bits per heavy atom. The van der Waals surface area contributed by atoms with Gasteiger partial charge in [0.2, 0.25) is 5.75 Å². The second kappa shape index (κ2) is 8.41. The van der Waals surface area contributed by atoms with E-state index in [4.69, 9.17) is 25.8 Å². The molecule has 3 rings (SSSR count). The van der Waals surface area contributed by atoms with Crippen LogP contribution in [0.3, 0.4) is 0 Å². The number of benzene rings is 2. The monoisotopic (exact) mass is 423 g/mol. The van der Waals surface area contributed by atoms with Crippen LogP contribution in [0.4, 0.5) is 0 Å². The molecule has 0 radical (unpaired) electrons. The Morgan fingerprint density at radius 1 is 0.880 bits per heavy atom. The molecule has 132 valence electrons. The molecule has 0 unspecified atom stereocenters. The van der Waals surface area contributed by atoms with Crippen molar-refractivity contribution >= 4 is 39.4 Å². The molecule has 4 nitrogen and oxygen atoms in total. The minimum absolute atomic E-state index is 0. The van der Waals surface area contributed by atoms with Gasteiger partial charge in [-0.3, -0.25) is 4.98 Å². The summed E-state index contributed by atoms with van der Waals surface area (Å²) in [6, 6.07) is 9.77. The molecule has 0 amide bonds. The van der Waals surface area contributed by atoms with Gasteiger partial charge in [0.1, 0.15) is 0 Å². The number of nitrogens with zero attached hydrogens (tertiary/aromatic N) is 1. The van der Waals surface area contributed by atoms with Crippen molar-refractivity contribution in [1.82, 2.24) is 4.98 Å². The van der Waals surface area contributed by atoms with Gasteiger partial charge in [-0.05, 0) is 41.1 Å². The third-order valence-corrected chi connectivity index (χ3v) is 4.21. The SMILES string of the molecule is Br.COc1cc2c(Cc3ccc(Cl)cc3)cncc2c(OC)c1OC. The summed E-state index contributed by atoms with van der Waals surface area (Å²) in [5.74, 6) is 1.82. The fourth-order valence-electron chi connectivity index (χ4n) is 2.81. The number of methoxy groups -OCH3 is 3. The Bertz CT molecular complexity index is 869. The molecule has 1 aromatic heterocycles. The molecule has 0 aliphatic heterocycles. The molecule has 0 saturated carbocycles. The van der Waals surface area contributed by atoms with Crippen molar-refractivity contribution in [3.05, 3.63) is 58.9 Å². The average Bonchev–Trinajstić information content (AvgIpc) is 2.62. The van der Waals surface area contributed by atoms with Gasteiger partial charge in [0, 0.05) is 22.8 Å². The van der Waals surface area contributed by atoms with Crippen LogP contribution in [0.15, 0.2) is 42.7 Å². The zero-order chi connectivity index (χ0) is 17.1. The maximum atomic E-state index is 5.96. The lowest BCUT2D eigenvalue weighted by Crippen LogP contribution is -1.98. The zero-order valence-corrected chi connectivity index (χ0v) is 16.7. The molecule has 0 bridgehead atoms. The summed E-state index contributed by atoms with van der Waals surface area (Å²) in [7, 11) is 4.82. The van der Waals surface area contributed by atoms with Crippen LogP contribution in [0.5, 0.6) is 17.2 Å². The molecule has 0 atom stereocenters. The van der Waals surface area contributed by atoms with Crippen LogP contribution in [0.1, 0.15) is 11.1 Å². The summed E-state index contributed by atoms with van der Waals surface area (Å²) >= 11 is 5.96. The third-order valence-electron chi connectivity index (χ3n) is 3.96. The maximum Gasteiger partial charge on any atom is 0.204 e. The number of pyridine rings is 1. The van der Waals surface area contributed by atoms with Gasteiger partial charge in [-0.2, -0.15) is 0 Å². The van der Waals surface area contributed by atoms with Gasteiger partial charge in [-0.15, -0.1) is 17.0 Å². The Kier molecular flexibility index (Phi) is 6.51. The molecule has 0 spiro atoms. The van der Waals surface area contributed by atoms with Crippen LogP contribution in [0.25, 0.3) is 10.8 Å². The van der Waals surface area contributed by atoms with Crippen molar-refractivity contribution in [2.24, 2.45) is 0 Å². The molecule has 3 aromatic rings. The molecule has 2 aromatic carbocycles. The number of halogens is 2. The normalized spacial score (nSPS) is 10.2. The first kappa shape index (κ1) is 19.3. The second-order valence-electron chi connectivity index (χ2n) is 5.34. The molecular weight excluding hydrogens is 406 g/mol. The lowest BCUT2D eigenvalue weighted by atomic mass is 10.00. The fraction of sp³-hybridized carbons (Fsp3) is 0.211. The molecule has 0 aliphatic rings. The summed E-state index contributed by atoms with van der Waals surface area (Å²) in [5.41, 5.74) is 2.23. The van der Waals surface area contributed by atoms with Crippen molar-refractivity contribution < 1.29 is 14.2 Å². The number of aromatic nitrogens is 1. The summed E-state index contributed by atoms with van der Waals surface area (Å²) in [4.78, 5) is 4.36. The lowest BCUT2D eigenvalue weighted by Gasteiger charge is -2.16. The number of rotatable bonds is 5. The number of fused-ring (bicyclic) bond motifs is 1. The highest BCUT2D eigenvalue weighted by Gasteiger charge is 2.18. The van der Waals surface area contributed by atoms with E-state index in [1.165, 1.54) is 0 Å². The Hall–Kier alpha value is -1.98. The van der Waals surface area contributed by atoms with Gasteiger partial charge in [-0.25, -0.2) is 0 Å². The molecule has 6 heteroatoms. The van der Waals surface area contributed by atoms with E-state index in [1.54, 1.807) is 27.5 Å². The minimum atomic E-state index is 0. The van der Waals surface area contributed by atoms with Gasteiger partial charge >= 0.3 is 0 Å². The van der Waals surface area contributed by atoms with Crippen LogP contribution >= 0.6 is 28.6 Å². The average molecular weight is 425 g/mol. The fourth-order valence-corrected chi connectivity index (χ4v) is 2.93. The first-order chi connectivity index (χ1) is 11.7. The van der Waals surface area contributed by atoms with E-state index in [-0.39, 0.29) is 17.0 Å². The molecule has 0 saturated heterocycles. The van der Waals surface area contributed by atoms with Crippen molar-refractivity contribution in [1.29, 1.82) is 0 Å². The second-order valence-corrected chi connectivity index (χ2v) is 5.78. The Balaban J connectivity index is 0.00000225. The van der Waals surface area contributed by atoms with Gasteiger partial charge in [0.15, 0.2) is 11.5 Å². The predicted molar refractivity (Wildman–Crippen MR) is 106 cm³/mol. The first-order valence-corrected chi connectivity index (χ1v) is 7.85. The minimum Gasteiger partial charge on any atom is -0.493 e. The molecular formula is C19H19BrClNO3. The lowest BCUT2D eigenvalue weighted by molar-refractivity contribution is 0.327. The summed E-state index contributed by atoms with van der Waals surface area (Å²) in [5, 5.41) is 2.64. The Labute approximate surface area is 162 Å². The quantitative estimate of drug-likeness (QED) is 0.572. The van der Waals surface area contributed by atoms with Crippen LogP contribution in [0, 0.1) is 0 Å². The summed E-state index contributed by atoms with van der Waals surface area (Å²) < 4.78 is 16.5. The number of hydrogen-bond acceptors (Lipinski definition) is 4. The van der Waals surface area contributed by atoms with Gasteiger partial charge in [-0.1, -0.05) is 23.7 Å². The largest absolute Gasteiger partial charge is 0.493 e. The van der Waals surface area contributed by atoms with E-state index in [0.29, 0.717) is 17.2 Å². The summed E-state index contributed by atoms with van der Waals surface area (Å²) in [6.07, 6.45) is 4.38. The highest BCUT2D eigenvalue weighted by molar-refractivity contribution is 8.93. The van der Waals surface area contributed by atoms with Crippen LogP contribution in [0.2, 0.25) is 5.02 Å². The predicted octanol–water partition coefficient (Wildman–Crippen LogP) is 5.08. The summed E-state index contributed by atoms with van der Waals surface area (Å²) in [6.45, 7) is 0. The third kappa shape index (κ3) is 3.83. The van der Waals surface area contributed by atoms with Crippen LogP contribution in [-0.4, -0.2) is 26.3 Å². The van der Waals surface area contributed by atoms with E-state index in [9.17, 15) is 0 Å². The van der Waals surface area contributed by atoms with E-state index >= 15 is 0 Å². The zero-order valence-electron chi connectivity index (χ0n) is 14.2. The highest BCUT2D eigenvalue weighted by atomic mass is 79.9. The van der Waals surface area contributed by atoms with Gasteiger partial charge < -0.3 is 14.2 Å². The van der Waals surface area contributed by atoms with Gasteiger partial charge in [0.05, 0.1) is 21.3 Å². The van der Waals surface area contributed by atoms with Gasteiger partial charge in [0.25, 0.3) is 0 Å². The van der Waals surface area contributed by atoms with Crippen LogP contribution < -0.4 is 14.2 Å². The number of ether oxygens (including phenoxy) is 3. The molecule has 25 heavy (non-hydrogen) atoms. The van der Waals surface area contributed by atoms with Crippen molar-refractivity contribution in [2.75, 3.05) is 21.3 Å². The maximum absolute atomic E-state index is 5.96. The number of hydrogen-bond donors (Lipinski definition) is 0. The molecule has 0 fully saturated rings. The molecule has 0 aliphatic carbocycles.